The molecule has 0 unspecified atom stereocenters. The van der Waals surface area contributed by atoms with Crippen LogP contribution >= 0.6 is 0 Å². The third-order valence-electron chi connectivity index (χ3n) is 1.77. The standard InChI is InChI=1S/C6H13N3O2/c1-11-5-2-9(3-5)4-6(7)8-10/h5,10H,2-4H2,1H3,(H2,7,8). The molecule has 1 aliphatic heterocycles. The minimum atomic E-state index is 0.250. The smallest absolute Gasteiger partial charge is 0.153 e. The number of rotatable bonds is 3. The zero-order valence-corrected chi connectivity index (χ0v) is 6.53. The van der Waals surface area contributed by atoms with E-state index in [1.807, 2.05) is 4.90 Å². The Hall–Kier alpha value is -0.810. The van der Waals surface area contributed by atoms with Crippen molar-refractivity contribution in [2.75, 3.05) is 26.7 Å². The van der Waals surface area contributed by atoms with E-state index < -0.39 is 0 Å². The number of nitrogens with two attached hydrogens (primary N) is 1. The van der Waals surface area contributed by atoms with Gasteiger partial charge in [0.25, 0.3) is 0 Å². The maximum Gasteiger partial charge on any atom is 0.153 e. The van der Waals surface area contributed by atoms with Gasteiger partial charge in [0, 0.05) is 20.2 Å². The summed E-state index contributed by atoms with van der Waals surface area (Å²) < 4.78 is 5.05. The van der Waals surface area contributed by atoms with E-state index >= 15 is 0 Å². The minimum Gasteiger partial charge on any atom is -0.409 e. The lowest BCUT2D eigenvalue weighted by Gasteiger charge is -2.37. The fourth-order valence-electron chi connectivity index (χ4n) is 1.06. The molecule has 64 valence electrons. The molecule has 3 N–H and O–H groups in total. The highest BCUT2D eigenvalue weighted by molar-refractivity contribution is 5.81. The van der Waals surface area contributed by atoms with Crippen LogP contribution in [0.25, 0.3) is 0 Å². The second kappa shape index (κ2) is 3.54. The first-order valence-electron chi connectivity index (χ1n) is 3.47. The molecule has 0 aromatic carbocycles. The van der Waals surface area contributed by atoms with Crippen LogP contribution in [0.5, 0.6) is 0 Å². The van der Waals surface area contributed by atoms with Crippen molar-refractivity contribution in [3.63, 3.8) is 0 Å². The zero-order valence-electron chi connectivity index (χ0n) is 6.53. The Morgan fingerprint density at radius 1 is 1.82 bits per heavy atom. The average Bonchev–Trinajstić information content (AvgIpc) is 1.95. The Bertz CT molecular complexity index is 154. The molecule has 1 rings (SSSR count). The predicted molar refractivity (Wildman–Crippen MR) is 40.6 cm³/mol. The highest BCUT2D eigenvalue weighted by Crippen LogP contribution is 2.08. The lowest BCUT2D eigenvalue weighted by Crippen LogP contribution is -2.54. The van der Waals surface area contributed by atoms with Gasteiger partial charge in [0.15, 0.2) is 5.84 Å². The molecule has 0 aromatic rings. The van der Waals surface area contributed by atoms with E-state index in [1.54, 1.807) is 7.11 Å². The second-order valence-electron chi connectivity index (χ2n) is 2.64. The van der Waals surface area contributed by atoms with Crippen molar-refractivity contribution in [3.8, 4) is 0 Å². The van der Waals surface area contributed by atoms with E-state index in [0.29, 0.717) is 12.6 Å². The van der Waals surface area contributed by atoms with Gasteiger partial charge in [-0.05, 0) is 0 Å². The SMILES string of the molecule is COC1CN(C/C(N)=N\O)C1. The molecule has 0 amide bonds. The van der Waals surface area contributed by atoms with Crippen LogP contribution < -0.4 is 5.73 Å². The van der Waals surface area contributed by atoms with Gasteiger partial charge >= 0.3 is 0 Å². The fraction of sp³-hybridized carbons (Fsp3) is 0.833. The van der Waals surface area contributed by atoms with Gasteiger partial charge in [-0.2, -0.15) is 0 Å². The van der Waals surface area contributed by atoms with Crippen LogP contribution in [-0.4, -0.2) is 48.8 Å². The average molecular weight is 159 g/mol. The zero-order chi connectivity index (χ0) is 8.27. The van der Waals surface area contributed by atoms with Crippen molar-refractivity contribution in [1.29, 1.82) is 0 Å². The molecule has 5 nitrogen and oxygen atoms in total. The number of methoxy groups -OCH3 is 1. The van der Waals surface area contributed by atoms with Crippen LogP contribution in [0.2, 0.25) is 0 Å². The first kappa shape index (κ1) is 8.29. The van der Waals surface area contributed by atoms with Gasteiger partial charge in [-0.15, -0.1) is 0 Å². The number of amidine groups is 1. The van der Waals surface area contributed by atoms with Gasteiger partial charge in [-0.3, -0.25) is 4.90 Å². The molecule has 1 aliphatic rings. The van der Waals surface area contributed by atoms with Crippen molar-refractivity contribution < 1.29 is 9.94 Å². The second-order valence-corrected chi connectivity index (χ2v) is 2.64. The Balaban J connectivity index is 2.13. The lowest BCUT2D eigenvalue weighted by molar-refractivity contribution is -0.0215. The summed E-state index contributed by atoms with van der Waals surface area (Å²) in [7, 11) is 1.69. The number of nitrogens with zero attached hydrogens (tertiary/aromatic N) is 2. The van der Waals surface area contributed by atoms with E-state index in [2.05, 4.69) is 5.16 Å². The Kier molecular flexibility index (Phi) is 2.67. The Morgan fingerprint density at radius 3 is 2.91 bits per heavy atom. The predicted octanol–water partition coefficient (Wildman–Crippen LogP) is -0.937. The summed E-state index contributed by atoms with van der Waals surface area (Å²) in [5.74, 6) is 0.250. The van der Waals surface area contributed by atoms with Crippen LogP contribution in [0.15, 0.2) is 5.16 Å². The van der Waals surface area contributed by atoms with Crippen molar-refractivity contribution in [3.05, 3.63) is 0 Å². The highest BCUT2D eigenvalue weighted by atomic mass is 16.5. The summed E-state index contributed by atoms with van der Waals surface area (Å²) in [6, 6.07) is 0. The molecular weight excluding hydrogens is 146 g/mol. The molecule has 0 saturated carbocycles. The number of oxime groups is 1. The molecule has 11 heavy (non-hydrogen) atoms. The topological polar surface area (TPSA) is 71.1 Å². The fourth-order valence-corrected chi connectivity index (χ4v) is 1.06. The summed E-state index contributed by atoms with van der Waals surface area (Å²) in [6.45, 7) is 2.26. The Labute approximate surface area is 65.4 Å². The number of hydrogen-bond donors (Lipinski definition) is 2. The molecule has 1 saturated heterocycles. The summed E-state index contributed by atoms with van der Waals surface area (Å²) in [5, 5.41) is 11.1. The van der Waals surface area contributed by atoms with Crippen molar-refractivity contribution in [2.24, 2.45) is 10.9 Å². The largest absolute Gasteiger partial charge is 0.409 e. The minimum absolute atomic E-state index is 0.250. The van der Waals surface area contributed by atoms with Crippen LogP contribution in [0.4, 0.5) is 0 Å². The van der Waals surface area contributed by atoms with Crippen molar-refractivity contribution >= 4 is 5.84 Å². The van der Waals surface area contributed by atoms with E-state index in [0.717, 1.165) is 13.1 Å². The van der Waals surface area contributed by atoms with Gasteiger partial charge in [-0.25, -0.2) is 0 Å². The van der Waals surface area contributed by atoms with E-state index in [4.69, 9.17) is 15.7 Å². The first-order valence-corrected chi connectivity index (χ1v) is 3.47. The molecule has 0 bridgehead atoms. The Morgan fingerprint density at radius 2 is 2.45 bits per heavy atom. The molecule has 0 aromatic heterocycles. The number of likely N-dealkylation sites (tertiary alicyclic amines) is 1. The highest BCUT2D eigenvalue weighted by Gasteiger charge is 2.26. The molecule has 0 atom stereocenters. The van der Waals surface area contributed by atoms with Gasteiger partial charge in [0.2, 0.25) is 0 Å². The normalized spacial score (nSPS) is 21.7. The van der Waals surface area contributed by atoms with Crippen LogP contribution in [0.1, 0.15) is 0 Å². The third kappa shape index (κ3) is 2.06. The number of hydrogen-bond acceptors (Lipinski definition) is 4. The van der Waals surface area contributed by atoms with Gasteiger partial charge < -0.3 is 15.7 Å². The lowest BCUT2D eigenvalue weighted by atomic mass is 10.2. The number of ether oxygens (including phenoxy) is 1. The van der Waals surface area contributed by atoms with Crippen LogP contribution in [0, 0.1) is 0 Å². The van der Waals surface area contributed by atoms with Gasteiger partial charge in [-0.1, -0.05) is 5.16 Å². The van der Waals surface area contributed by atoms with E-state index in [1.165, 1.54) is 0 Å². The quantitative estimate of drug-likeness (QED) is 0.241. The molecular formula is C6H13N3O2. The molecule has 5 heteroatoms. The molecule has 0 spiro atoms. The van der Waals surface area contributed by atoms with E-state index in [9.17, 15) is 0 Å². The summed E-state index contributed by atoms with van der Waals surface area (Å²) in [6.07, 6.45) is 0.321. The third-order valence-corrected chi connectivity index (χ3v) is 1.77. The monoisotopic (exact) mass is 159 g/mol. The maximum atomic E-state index is 8.23. The van der Waals surface area contributed by atoms with Crippen LogP contribution in [0.3, 0.4) is 0 Å². The maximum absolute atomic E-state index is 8.23. The first-order chi connectivity index (χ1) is 5.26. The van der Waals surface area contributed by atoms with Crippen molar-refractivity contribution in [2.45, 2.75) is 6.10 Å². The van der Waals surface area contributed by atoms with Gasteiger partial charge in [0.05, 0.1) is 12.6 Å². The summed E-state index contributed by atoms with van der Waals surface area (Å²) >= 11 is 0. The van der Waals surface area contributed by atoms with Crippen molar-refractivity contribution in [1.82, 2.24) is 4.90 Å². The summed E-state index contributed by atoms with van der Waals surface area (Å²) in [4.78, 5) is 2.04. The molecule has 1 heterocycles. The molecule has 0 radical (unpaired) electrons. The van der Waals surface area contributed by atoms with Crippen LogP contribution in [-0.2, 0) is 4.74 Å². The summed E-state index contributed by atoms with van der Waals surface area (Å²) in [5.41, 5.74) is 5.29. The molecule has 0 aliphatic carbocycles. The van der Waals surface area contributed by atoms with E-state index in [-0.39, 0.29) is 5.84 Å². The van der Waals surface area contributed by atoms with Gasteiger partial charge in [0.1, 0.15) is 0 Å². The molecule has 1 fully saturated rings.